The Kier molecular flexibility index (Phi) is 9.21. The molecule has 11 heteroatoms. The maximum Gasteiger partial charge on any atom is 0.418 e. The Morgan fingerprint density at radius 3 is 2.28 bits per heavy atom. The van der Waals surface area contributed by atoms with Gasteiger partial charge >= 0.3 is 12.4 Å². The van der Waals surface area contributed by atoms with E-state index in [9.17, 15) is 31.1 Å². The summed E-state index contributed by atoms with van der Waals surface area (Å²) in [7, 11) is 0. The van der Waals surface area contributed by atoms with Crippen LogP contribution < -0.4 is 5.32 Å². The zero-order valence-corrected chi connectivity index (χ0v) is 22.2. The molecule has 1 saturated heterocycles. The van der Waals surface area contributed by atoms with Gasteiger partial charge in [-0.15, -0.1) is 0 Å². The van der Waals surface area contributed by atoms with Crippen molar-refractivity contribution in [2.45, 2.75) is 60.8 Å². The summed E-state index contributed by atoms with van der Waals surface area (Å²) < 4.78 is 90.1. The number of hydrogen-bond acceptors (Lipinski definition) is 4. The average molecular weight is 573 g/mol. The van der Waals surface area contributed by atoms with Crippen LogP contribution in [0.3, 0.4) is 0 Å². The Bertz CT molecular complexity index is 1180. The zero-order valence-electron chi connectivity index (χ0n) is 21.4. The van der Waals surface area contributed by atoms with Gasteiger partial charge in [-0.2, -0.15) is 26.3 Å². The van der Waals surface area contributed by atoms with Gasteiger partial charge in [0.05, 0.1) is 24.3 Å². The second-order valence-electron chi connectivity index (χ2n) is 9.90. The number of hydrogen-bond donors (Lipinski definition) is 1. The number of rotatable bonds is 6. The zero-order chi connectivity index (χ0) is 28.2. The summed E-state index contributed by atoms with van der Waals surface area (Å²) in [4.78, 5) is 13.6. The number of anilines is 1. The van der Waals surface area contributed by atoms with Crippen LogP contribution in [0.15, 0.2) is 52.3 Å². The SMILES string of the molecule is C[C@H]1CC[C@@H](Nc2cccc(Sc3ccc(/C=C/C(=O)N4CCOCC4)c(C(F)(F)F)c3C(F)(F)F)c2)CC1. The molecule has 1 aliphatic carbocycles. The van der Waals surface area contributed by atoms with Gasteiger partial charge in [-0.25, -0.2) is 0 Å². The highest BCUT2D eigenvalue weighted by molar-refractivity contribution is 7.99. The normalized spacial score (nSPS) is 20.8. The lowest BCUT2D eigenvalue weighted by Crippen LogP contribution is -2.39. The van der Waals surface area contributed by atoms with Crippen LogP contribution in [0.1, 0.15) is 49.3 Å². The molecule has 1 N–H and O–H groups in total. The third-order valence-electron chi connectivity index (χ3n) is 6.94. The summed E-state index contributed by atoms with van der Waals surface area (Å²) in [5, 5.41) is 3.40. The lowest BCUT2D eigenvalue weighted by atomic mass is 9.87. The maximum absolute atomic E-state index is 14.2. The number of benzene rings is 2. The van der Waals surface area contributed by atoms with E-state index in [1.807, 2.05) is 0 Å². The van der Waals surface area contributed by atoms with E-state index in [1.54, 1.807) is 24.3 Å². The van der Waals surface area contributed by atoms with Crippen molar-refractivity contribution >= 4 is 29.4 Å². The smallest absolute Gasteiger partial charge is 0.382 e. The molecule has 2 fully saturated rings. The fraction of sp³-hybridized carbons (Fsp3) is 0.464. The predicted octanol–water partition coefficient (Wildman–Crippen LogP) is 7.74. The Morgan fingerprint density at radius 2 is 1.64 bits per heavy atom. The third-order valence-corrected chi connectivity index (χ3v) is 7.99. The molecular formula is C28H30F6N2O2S. The number of alkyl halides is 6. The van der Waals surface area contributed by atoms with Gasteiger partial charge in [0.1, 0.15) is 0 Å². The molecule has 1 aliphatic heterocycles. The van der Waals surface area contributed by atoms with Gasteiger partial charge in [-0.1, -0.05) is 30.8 Å². The molecule has 2 aromatic rings. The summed E-state index contributed by atoms with van der Waals surface area (Å²) in [6.45, 7) is 3.28. The van der Waals surface area contributed by atoms with Gasteiger partial charge in [-0.05, 0) is 67.5 Å². The number of morpholine rings is 1. The maximum atomic E-state index is 14.2. The third kappa shape index (κ3) is 7.72. The highest BCUT2D eigenvalue weighted by Gasteiger charge is 2.46. The first-order valence-corrected chi connectivity index (χ1v) is 13.6. The Hall–Kier alpha value is -2.66. The highest BCUT2D eigenvalue weighted by atomic mass is 32.2. The van der Waals surface area contributed by atoms with E-state index in [-0.39, 0.29) is 32.3 Å². The van der Waals surface area contributed by atoms with Crippen LogP contribution >= 0.6 is 11.8 Å². The lowest BCUT2D eigenvalue weighted by molar-refractivity contribution is -0.163. The van der Waals surface area contributed by atoms with Gasteiger partial charge in [0.15, 0.2) is 0 Å². The van der Waals surface area contributed by atoms with Gasteiger partial charge < -0.3 is 15.0 Å². The van der Waals surface area contributed by atoms with Crippen LogP contribution in [-0.4, -0.2) is 43.2 Å². The number of nitrogens with zero attached hydrogens (tertiary/aromatic N) is 1. The average Bonchev–Trinajstić information content (AvgIpc) is 2.88. The molecule has 2 aliphatic rings. The number of carbonyl (C=O) groups is 1. The van der Waals surface area contributed by atoms with Crippen molar-refractivity contribution in [2.24, 2.45) is 5.92 Å². The Labute approximate surface area is 227 Å². The molecule has 0 bridgehead atoms. The number of halogens is 6. The van der Waals surface area contributed by atoms with Crippen molar-refractivity contribution in [3.8, 4) is 0 Å². The fourth-order valence-corrected chi connectivity index (χ4v) is 5.92. The minimum absolute atomic E-state index is 0.246. The van der Waals surface area contributed by atoms with E-state index >= 15 is 0 Å². The highest BCUT2D eigenvalue weighted by Crippen LogP contribution is 2.48. The molecule has 1 heterocycles. The van der Waals surface area contributed by atoms with Crippen molar-refractivity contribution < 1.29 is 35.9 Å². The predicted molar refractivity (Wildman–Crippen MR) is 138 cm³/mol. The van der Waals surface area contributed by atoms with E-state index in [2.05, 4.69) is 12.2 Å². The minimum Gasteiger partial charge on any atom is -0.382 e. The molecule has 4 nitrogen and oxygen atoms in total. The van der Waals surface area contributed by atoms with Crippen LogP contribution in [0.5, 0.6) is 0 Å². The van der Waals surface area contributed by atoms with Crippen LogP contribution in [0, 0.1) is 5.92 Å². The van der Waals surface area contributed by atoms with Gasteiger partial charge in [0.25, 0.3) is 0 Å². The molecular weight excluding hydrogens is 542 g/mol. The largest absolute Gasteiger partial charge is 0.418 e. The van der Waals surface area contributed by atoms with Crippen LogP contribution in [0.25, 0.3) is 6.08 Å². The molecule has 1 saturated carbocycles. The Morgan fingerprint density at radius 1 is 0.974 bits per heavy atom. The first kappa shape index (κ1) is 29.3. The summed E-state index contributed by atoms with van der Waals surface area (Å²) in [6, 6.07) is 8.95. The van der Waals surface area contributed by atoms with Crippen molar-refractivity contribution in [1.29, 1.82) is 0 Å². The lowest BCUT2D eigenvalue weighted by Gasteiger charge is -2.28. The van der Waals surface area contributed by atoms with Crippen LogP contribution in [-0.2, 0) is 21.9 Å². The summed E-state index contributed by atoms with van der Waals surface area (Å²) >= 11 is 0.631. The molecule has 212 valence electrons. The van der Waals surface area contributed by atoms with Crippen molar-refractivity contribution in [3.05, 3.63) is 59.2 Å². The molecule has 0 radical (unpaired) electrons. The molecule has 2 aromatic carbocycles. The van der Waals surface area contributed by atoms with Crippen LogP contribution in [0.4, 0.5) is 32.0 Å². The molecule has 0 atom stereocenters. The number of carbonyl (C=O) groups excluding carboxylic acids is 1. The van der Waals surface area contributed by atoms with Gasteiger partial charge in [0, 0.05) is 40.7 Å². The molecule has 39 heavy (non-hydrogen) atoms. The number of nitrogens with one attached hydrogen (secondary N) is 1. The second kappa shape index (κ2) is 12.2. The topological polar surface area (TPSA) is 41.6 Å². The summed E-state index contributed by atoms with van der Waals surface area (Å²) in [5.41, 5.74) is -3.58. The number of ether oxygens (including phenoxy) is 1. The quantitative estimate of drug-likeness (QED) is 0.284. The van der Waals surface area contributed by atoms with E-state index in [0.717, 1.165) is 50.0 Å². The van der Waals surface area contributed by atoms with E-state index in [4.69, 9.17) is 4.74 Å². The molecule has 1 amide bonds. The summed E-state index contributed by atoms with van der Waals surface area (Å²) in [5.74, 6) is 0.0686. The molecule has 0 aromatic heterocycles. The van der Waals surface area contributed by atoms with Crippen molar-refractivity contribution in [2.75, 3.05) is 31.6 Å². The van der Waals surface area contributed by atoms with E-state index < -0.39 is 39.8 Å². The summed E-state index contributed by atoms with van der Waals surface area (Å²) in [6.07, 6.45) is -4.77. The Balaban J connectivity index is 1.64. The van der Waals surface area contributed by atoms with E-state index in [0.29, 0.717) is 28.3 Å². The minimum atomic E-state index is -5.30. The monoisotopic (exact) mass is 572 g/mol. The van der Waals surface area contributed by atoms with Gasteiger partial charge in [0.2, 0.25) is 5.91 Å². The first-order chi connectivity index (χ1) is 18.4. The first-order valence-electron chi connectivity index (χ1n) is 12.8. The van der Waals surface area contributed by atoms with Gasteiger partial charge in [-0.3, -0.25) is 4.79 Å². The standard InChI is InChI=1S/C28H30F6N2O2S/c1-18-5-9-20(10-6-18)35-21-3-2-4-22(17-21)39-23-11-7-19(8-12-24(37)36-13-15-38-16-14-36)25(27(29,30)31)26(23)28(32,33)34/h2-4,7-8,11-12,17-18,20,35H,5-6,9-10,13-16H2,1H3/b12-8+/t18-,20+. The second-order valence-corrected chi connectivity index (χ2v) is 11.0. The van der Waals surface area contributed by atoms with Crippen molar-refractivity contribution in [3.63, 3.8) is 0 Å². The number of amides is 1. The van der Waals surface area contributed by atoms with E-state index in [1.165, 1.54) is 4.90 Å². The molecule has 0 spiro atoms. The fourth-order valence-electron chi connectivity index (χ4n) is 4.88. The molecule has 4 rings (SSSR count). The molecule has 0 unspecified atom stereocenters. The van der Waals surface area contributed by atoms with Crippen molar-refractivity contribution in [1.82, 2.24) is 4.90 Å². The van der Waals surface area contributed by atoms with Crippen LogP contribution in [0.2, 0.25) is 0 Å².